The van der Waals surface area contributed by atoms with Crippen molar-refractivity contribution < 1.29 is 4.52 Å². The van der Waals surface area contributed by atoms with Crippen LogP contribution in [0.3, 0.4) is 0 Å². The van der Waals surface area contributed by atoms with Gasteiger partial charge in [0.25, 0.3) is 0 Å². The van der Waals surface area contributed by atoms with E-state index in [4.69, 9.17) is 10.3 Å². The highest BCUT2D eigenvalue weighted by Gasteiger charge is 2.21. The molecule has 5 nitrogen and oxygen atoms in total. The third kappa shape index (κ3) is 2.81. The summed E-state index contributed by atoms with van der Waals surface area (Å²) < 4.78 is 5.30. The van der Waals surface area contributed by atoms with Crippen molar-refractivity contribution in [3.05, 3.63) is 29.9 Å². The Morgan fingerprint density at radius 1 is 1.37 bits per heavy atom. The number of hydrogen-bond acceptors (Lipinski definition) is 5. The van der Waals surface area contributed by atoms with Gasteiger partial charge in [0.1, 0.15) is 0 Å². The molecule has 0 aliphatic rings. The smallest absolute Gasteiger partial charge is 0.244 e. The summed E-state index contributed by atoms with van der Waals surface area (Å²) in [6.45, 7) is 6.25. The Bertz CT molecular complexity index is 538. The topological polar surface area (TPSA) is 77.8 Å². The van der Waals surface area contributed by atoms with E-state index in [0.717, 1.165) is 24.0 Å². The quantitative estimate of drug-likeness (QED) is 0.894. The van der Waals surface area contributed by atoms with Crippen LogP contribution >= 0.6 is 0 Å². The van der Waals surface area contributed by atoms with Gasteiger partial charge in [-0.05, 0) is 24.0 Å². The van der Waals surface area contributed by atoms with Gasteiger partial charge in [0.15, 0.2) is 0 Å². The largest absolute Gasteiger partial charge is 0.337 e. The normalized spacial score (nSPS) is 14.3. The molecule has 0 amide bonds. The molecule has 0 radical (unpaired) electrons. The molecule has 2 aromatic heterocycles. The molecule has 0 fully saturated rings. The van der Waals surface area contributed by atoms with Crippen LogP contribution in [-0.2, 0) is 6.42 Å². The SMILES string of the molecule is CCc1cnccc1-c1noc([C@@H](N)[C@@H](C)CC)n1. The molecule has 0 saturated heterocycles. The number of aryl methyl sites for hydroxylation is 1. The van der Waals surface area contributed by atoms with Gasteiger partial charge in [-0.25, -0.2) is 0 Å². The van der Waals surface area contributed by atoms with Crippen LogP contribution in [0.4, 0.5) is 0 Å². The Morgan fingerprint density at radius 3 is 2.84 bits per heavy atom. The average Bonchev–Trinajstić information content (AvgIpc) is 2.95. The summed E-state index contributed by atoms with van der Waals surface area (Å²) in [6, 6.07) is 1.69. The maximum absolute atomic E-state index is 6.10. The van der Waals surface area contributed by atoms with Gasteiger partial charge in [-0.15, -0.1) is 0 Å². The van der Waals surface area contributed by atoms with E-state index in [1.54, 1.807) is 6.20 Å². The number of nitrogens with zero attached hydrogens (tertiary/aromatic N) is 3. The number of hydrogen-bond donors (Lipinski definition) is 1. The average molecular weight is 260 g/mol. The standard InChI is InChI=1S/C14H20N4O/c1-4-9(3)12(15)14-17-13(18-19-14)11-6-7-16-8-10(11)5-2/h6-9,12H,4-5,15H2,1-3H3/t9-,12-/m0/s1. The van der Waals surface area contributed by atoms with Crippen molar-refractivity contribution in [2.75, 3.05) is 0 Å². The zero-order chi connectivity index (χ0) is 13.8. The monoisotopic (exact) mass is 260 g/mol. The minimum atomic E-state index is -0.210. The Morgan fingerprint density at radius 2 is 2.16 bits per heavy atom. The van der Waals surface area contributed by atoms with Crippen LogP contribution in [0.25, 0.3) is 11.4 Å². The lowest BCUT2D eigenvalue weighted by molar-refractivity contribution is 0.312. The molecule has 0 spiro atoms. The Kier molecular flexibility index (Phi) is 4.27. The number of aromatic nitrogens is 3. The first-order valence-electron chi connectivity index (χ1n) is 6.69. The van der Waals surface area contributed by atoms with Crippen molar-refractivity contribution in [3.63, 3.8) is 0 Å². The van der Waals surface area contributed by atoms with Crippen molar-refractivity contribution >= 4 is 0 Å². The molecular formula is C14H20N4O. The van der Waals surface area contributed by atoms with Crippen LogP contribution in [0.1, 0.15) is 44.7 Å². The second-order valence-electron chi connectivity index (χ2n) is 4.75. The molecule has 0 saturated carbocycles. The predicted molar refractivity (Wildman–Crippen MR) is 73.3 cm³/mol. The first-order valence-corrected chi connectivity index (χ1v) is 6.69. The van der Waals surface area contributed by atoms with Crippen LogP contribution in [-0.4, -0.2) is 15.1 Å². The van der Waals surface area contributed by atoms with Crippen LogP contribution < -0.4 is 5.73 Å². The van der Waals surface area contributed by atoms with Crippen molar-refractivity contribution in [3.8, 4) is 11.4 Å². The number of nitrogens with two attached hydrogens (primary N) is 1. The Hall–Kier alpha value is -1.75. The molecule has 0 aliphatic heterocycles. The molecule has 102 valence electrons. The maximum Gasteiger partial charge on any atom is 0.244 e. The van der Waals surface area contributed by atoms with Gasteiger partial charge in [-0.3, -0.25) is 4.98 Å². The second kappa shape index (κ2) is 5.93. The summed E-state index contributed by atoms with van der Waals surface area (Å²) in [6.07, 6.45) is 5.43. The van der Waals surface area contributed by atoms with Gasteiger partial charge in [0, 0.05) is 18.0 Å². The highest BCUT2D eigenvalue weighted by molar-refractivity contribution is 5.58. The molecule has 0 unspecified atom stereocenters. The van der Waals surface area contributed by atoms with Gasteiger partial charge >= 0.3 is 0 Å². The van der Waals surface area contributed by atoms with E-state index in [9.17, 15) is 0 Å². The summed E-state index contributed by atoms with van der Waals surface area (Å²) in [5.74, 6) is 1.41. The van der Waals surface area contributed by atoms with Gasteiger partial charge in [0.05, 0.1) is 6.04 Å². The summed E-state index contributed by atoms with van der Waals surface area (Å²) in [5, 5.41) is 4.04. The zero-order valence-electron chi connectivity index (χ0n) is 11.6. The lowest BCUT2D eigenvalue weighted by Gasteiger charge is -2.13. The lowest BCUT2D eigenvalue weighted by Crippen LogP contribution is -2.18. The van der Waals surface area contributed by atoms with Crippen molar-refractivity contribution in [1.29, 1.82) is 0 Å². The first kappa shape index (κ1) is 13.7. The number of pyridine rings is 1. The minimum absolute atomic E-state index is 0.210. The van der Waals surface area contributed by atoms with Crippen molar-refractivity contribution in [2.24, 2.45) is 11.7 Å². The lowest BCUT2D eigenvalue weighted by atomic mass is 10.0. The zero-order valence-corrected chi connectivity index (χ0v) is 11.6. The molecule has 0 bridgehead atoms. The highest BCUT2D eigenvalue weighted by atomic mass is 16.5. The molecule has 2 atom stereocenters. The van der Waals surface area contributed by atoms with Crippen LogP contribution in [0.5, 0.6) is 0 Å². The fraction of sp³-hybridized carbons (Fsp3) is 0.500. The molecular weight excluding hydrogens is 240 g/mol. The van der Waals surface area contributed by atoms with E-state index in [-0.39, 0.29) is 6.04 Å². The minimum Gasteiger partial charge on any atom is -0.337 e. The van der Waals surface area contributed by atoms with Gasteiger partial charge in [-0.1, -0.05) is 32.3 Å². The molecule has 2 N–H and O–H groups in total. The van der Waals surface area contributed by atoms with E-state index in [0.29, 0.717) is 17.6 Å². The molecule has 2 heterocycles. The predicted octanol–water partition coefficient (Wildman–Crippen LogP) is 2.74. The molecule has 19 heavy (non-hydrogen) atoms. The van der Waals surface area contributed by atoms with Gasteiger partial charge in [0.2, 0.25) is 11.7 Å². The molecule has 2 aromatic rings. The van der Waals surface area contributed by atoms with Gasteiger partial charge < -0.3 is 10.3 Å². The van der Waals surface area contributed by atoms with E-state index < -0.39 is 0 Å². The Labute approximate surface area is 113 Å². The number of rotatable bonds is 5. The van der Waals surface area contributed by atoms with Crippen LogP contribution in [0.15, 0.2) is 23.0 Å². The highest BCUT2D eigenvalue weighted by Crippen LogP contribution is 2.25. The molecule has 5 heteroatoms. The first-order chi connectivity index (χ1) is 9.17. The Balaban J connectivity index is 2.30. The molecule has 0 aromatic carbocycles. The molecule has 0 aliphatic carbocycles. The van der Waals surface area contributed by atoms with E-state index >= 15 is 0 Å². The summed E-state index contributed by atoms with van der Waals surface area (Å²) >= 11 is 0. The van der Waals surface area contributed by atoms with Gasteiger partial charge in [-0.2, -0.15) is 4.98 Å². The summed E-state index contributed by atoms with van der Waals surface area (Å²) in [7, 11) is 0. The maximum atomic E-state index is 6.10. The van der Waals surface area contributed by atoms with Crippen molar-refractivity contribution in [2.45, 2.75) is 39.7 Å². The van der Waals surface area contributed by atoms with Crippen LogP contribution in [0, 0.1) is 5.92 Å². The van der Waals surface area contributed by atoms with Crippen molar-refractivity contribution in [1.82, 2.24) is 15.1 Å². The second-order valence-corrected chi connectivity index (χ2v) is 4.75. The summed E-state index contributed by atoms with van der Waals surface area (Å²) in [5.41, 5.74) is 8.17. The third-order valence-corrected chi connectivity index (χ3v) is 3.51. The van der Waals surface area contributed by atoms with E-state index in [2.05, 4.69) is 35.9 Å². The molecule has 2 rings (SSSR count). The van der Waals surface area contributed by atoms with Crippen LogP contribution in [0.2, 0.25) is 0 Å². The van der Waals surface area contributed by atoms with E-state index in [1.807, 2.05) is 12.3 Å². The fourth-order valence-electron chi connectivity index (χ4n) is 1.90. The third-order valence-electron chi connectivity index (χ3n) is 3.51. The fourth-order valence-corrected chi connectivity index (χ4v) is 1.90. The summed E-state index contributed by atoms with van der Waals surface area (Å²) in [4.78, 5) is 8.54. The van der Waals surface area contributed by atoms with E-state index in [1.165, 1.54) is 0 Å².